The summed E-state index contributed by atoms with van der Waals surface area (Å²) in [6.07, 6.45) is 2.45. The van der Waals surface area contributed by atoms with Gasteiger partial charge in [-0.2, -0.15) is 0 Å². The van der Waals surface area contributed by atoms with Gasteiger partial charge in [0.25, 0.3) is 0 Å². The van der Waals surface area contributed by atoms with E-state index in [4.69, 9.17) is 11.6 Å². The zero-order chi connectivity index (χ0) is 13.3. The molecule has 1 saturated heterocycles. The Balaban J connectivity index is 2.27. The molecule has 2 rings (SSSR count). The monoisotopic (exact) mass is 265 g/mol. The van der Waals surface area contributed by atoms with Crippen molar-refractivity contribution in [3.05, 3.63) is 34.3 Å². The number of halogens is 1. The van der Waals surface area contributed by atoms with Crippen LogP contribution in [0.25, 0.3) is 0 Å². The van der Waals surface area contributed by atoms with Crippen LogP contribution in [0.3, 0.4) is 0 Å². The van der Waals surface area contributed by atoms with Crippen molar-refractivity contribution in [3.8, 4) is 0 Å². The van der Waals surface area contributed by atoms with Crippen LogP contribution in [0.1, 0.15) is 37.8 Å². The van der Waals surface area contributed by atoms with Crippen LogP contribution in [0.15, 0.2) is 18.2 Å². The van der Waals surface area contributed by atoms with Crippen LogP contribution in [-0.2, 0) is 11.2 Å². The normalized spacial score (nSPS) is 23.5. The summed E-state index contributed by atoms with van der Waals surface area (Å²) in [5.74, 6) is 0.606. The molecule has 1 aromatic carbocycles. The van der Waals surface area contributed by atoms with Crippen molar-refractivity contribution in [1.82, 2.24) is 5.32 Å². The van der Waals surface area contributed by atoms with Crippen LogP contribution in [0, 0.1) is 12.8 Å². The minimum absolute atomic E-state index is 0.0876. The van der Waals surface area contributed by atoms with E-state index in [1.165, 1.54) is 11.1 Å². The van der Waals surface area contributed by atoms with Crippen molar-refractivity contribution in [1.29, 1.82) is 0 Å². The van der Waals surface area contributed by atoms with Crippen LogP contribution in [-0.4, -0.2) is 11.4 Å². The third kappa shape index (κ3) is 2.54. The number of hydrogen-bond acceptors (Lipinski definition) is 1. The number of carbonyl (C=O) groups excluding carboxylic acids is 1. The van der Waals surface area contributed by atoms with E-state index in [0.717, 1.165) is 17.9 Å². The topological polar surface area (TPSA) is 29.1 Å². The predicted octanol–water partition coefficient (Wildman–Crippen LogP) is 3.50. The lowest BCUT2D eigenvalue weighted by Crippen LogP contribution is -2.48. The van der Waals surface area contributed by atoms with Gasteiger partial charge in [-0.25, -0.2) is 0 Å². The number of benzene rings is 1. The quantitative estimate of drug-likeness (QED) is 0.891. The standard InChI is InChI=1S/C15H20ClNO/c1-10(2)15(7-6-14(18)17-15)9-12-4-5-13(16)8-11(12)3/h4-5,8,10H,6-7,9H2,1-3H3,(H,17,18). The van der Waals surface area contributed by atoms with Gasteiger partial charge in [0.05, 0.1) is 0 Å². The van der Waals surface area contributed by atoms with E-state index in [1.807, 2.05) is 12.1 Å². The number of rotatable bonds is 3. The summed E-state index contributed by atoms with van der Waals surface area (Å²) < 4.78 is 0. The molecular weight excluding hydrogens is 246 g/mol. The molecule has 0 spiro atoms. The lowest BCUT2D eigenvalue weighted by atomic mass is 9.79. The molecule has 1 aliphatic heterocycles. The molecule has 1 aromatic rings. The molecule has 18 heavy (non-hydrogen) atoms. The fourth-order valence-corrected chi connectivity index (χ4v) is 2.93. The van der Waals surface area contributed by atoms with Crippen molar-refractivity contribution < 1.29 is 4.79 Å². The van der Waals surface area contributed by atoms with E-state index >= 15 is 0 Å². The van der Waals surface area contributed by atoms with Gasteiger partial charge < -0.3 is 5.32 Å². The Morgan fingerprint density at radius 3 is 2.67 bits per heavy atom. The van der Waals surface area contributed by atoms with E-state index in [-0.39, 0.29) is 11.4 Å². The van der Waals surface area contributed by atoms with Gasteiger partial charge in [0.15, 0.2) is 0 Å². The van der Waals surface area contributed by atoms with Gasteiger partial charge in [0.1, 0.15) is 0 Å². The van der Waals surface area contributed by atoms with Crippen LogP contribution in [0.2, 0.25) is 5.02 Å². The second-order valence-corrected chi connectivity index (χ2v) is 6.04. The number of aryl methyl sites for hydroxylation is 1. The van der Waals surface area contributed by atoms with Gasteiger partial charge in [0, 0.05) is 17.0 Å². The van der Waals surface area contributed by atoms with Gasteiger partial charge in [-0.1, -0.05) is 31.5 Å². The third-order valence-corrected chi connectivity index (χ3v) is 4.34. The molecule has 0 saturated carbocycles. The van der Waals surface area contributed by atoms with E-state index in [2.05, 4.69) is 32.2 Å². The van der Waals surface area contributed by atoms with Crippen molar-refractivity contribution >= 4 is 17.5 Å². The minimum atomic E-state index is -0.0876. The summed E-state index contributed by atoms with van der Waals surface area (Å²) in [6, 6.07) is 5.99. The Morgan fingerprint density at radius 1 is 1.44 bits per heavy atom. The third-order valence-electron chi connectivity index (χ3n) is 4.10. The molecule has 0 radical (unpaired) electrons. The first-order valence-electron chi connectivity index (χ1n) is 6.49. The molecule has 1 aliphatic rings. The maximum Gasteiger partial charge on any atom is 0.220 e. The molecule has 0 aliphatic carbocycles. The van der Waals surface area contributed by atoms with Gasteiger partial charge in [0.2, 0.25) is 5.91 Å². The van der Waals surface area contributed by atoms with Gasteiger partial charge >= 0.3 is 0 Å². The fourth-order valence-electron chi connectivity index (χ4n) is 2.71. The molecule has 1 fully saturated rings. The highest BCUT2D eigenvalue weighted by Gasteiger charge is 2.40. The van der Waals surface area contributed by atoms with E-state index in [0.29, 0.717) is 12.3 Å². The molecule has 2 nitrogen and oxygen atoms in total. The number of carbonyl (C=O) groups is 1. The first kappa shape index (κ1) is 13.4. The highest BCUT2D eigenvalue weighted by atomic mass is 35.5. The number of nitrogens with one attached hydrogen (secondary N) is 1. The summed E-state index contributed by atoms with van der Waals surface area (Å²) in [5, 5.41) is 3.95. The summed E-state index contributed by atoms with van der Waals surface area (Å²) >= 11 is 5.98. The molecule has 1 N–H and O–H groups in total. The Hall–Kier alpha value is -1.02. The van der Waals surface area contributed by atoms with Crippen LogP contribution in [0.5, 0.6) is 0 Å². The van der Waals surface area contributed by atoms with E-state index in [9.17, 15) is 4.79 Å². The zero-order valence-electron chi connectivity index (χ0n) is 11.2. The summed E-state index contributed by atoms with van der Waals surface area (Å²) in [7, 11) is 0. The highest BCUT2D eigenvalue weighted by molar-refractivity contribution is 6.30. The fraction of sp³-hybridized carbons (Fsp3) is 0.533. The van der Waals surface area contributed by atoms with Crippen LogP contribution < -0.4 is 5.32 Å². The summed E-state index contributed by atoms with van der Waals surface area (Å²) in [4.78, 5) is 11.6. The van der Waals surface area contributed by atoms with E-state index < -0.39 is 0 Å². The number of amides is 1. The second kappa shape index (κ2) is 4.93. The van der Waals surface area contributed by atoms with Crippen molar-refractivity contribution in [2.45, 2.75) is 45.6 Å². The SMILES string of the molecule is Cc1cc(Cl)ccc1CC1(C(C)C)CCC(=O)N1. The maximum absolute atomic E-state index is 11.6. The molecule has 1 heterocycles. The molecule has 1 unspecified atom stereocenters. The molecular formula is C15H20ClNO. The van der Waals surface area contributed by atoms with Gasteiger partial charge in [-0.3, -0.25) is 4.79 Å². The predicted molar refractivity (Wildman–Crippen MR) is 74.8 cm³/mol. The zero-order valence-corrected chi connectivity index (χ0v) is 12.0. The Bertz CT molecular complexity index is 470. The first-order chi connectivity index (χ1) is 8.43. The van der Waals surface area contributed by atoms with E-state index in [1.54, 1.807) is 0 Å². The lowest BCUT2D eigenvalue weighted by Gasteiger charge is -2.34. The van der Waals surface area contributed by atoms with Crippen LogP contribution in [0.4, 0.5) is 0 Å². The molecule has 3 heteroatoms. The largest absolute Gasteiger partial charge is 0.350 e. The van der Waals surface area contributed by atoms with Crippen molar-refractivity contribution in [3.63, 3.8) is 0 Å². The molecule has 98 valence electrons. The summed E-state index contributed by atoms with van der Waals surface area (Å²) in [5.41, 5.74) is 2.38. The second-order valence-electron chi connectivity index (χ2n) is 5.61. The first-order valence-corrected chi connectivity index (χ1v) is 6.87. The Labute approximate surface area is 114 Å². The smallest absolute Gasteiger partial charge is 0.220 e. The average molecular weight is 266 g/mol. The Kier molecular flexibility index (Phi) is 3.67. The number of hydrogen-bond donors (Lipinski definition) is 1. The summed E-state index contributed by atoms with van der Waals surface area (Å²) in [6.45, 7) is 6.43. The molecule has 0 aromatic heterocycles. The molecule has 1 amide bonds. The Morgan fingerprint density at radius 2 is 2.17 bits per heavy atom. The van der Waals surface area contributed by atoms with Gasteiger partial charge in [-0.15, -0.1) is 0 Å². The average Bonchev–Trinajstić information content (AvgIpc) is 2.66. The lowest BCUT2D eigenvalue weighted by molar-refractivity contribution is -0.120. The van der Waals surface area contributed by atoms with Crippen LogP contribution >= 0.6 is 11.6 Å². The van der Waals surface area contributed by atoms with Gasteiger partial charge in [-0.05, 0) is 48.9 Å². The molecule has 1 atom stereocenters. The minimum Gasteiger partial charge on any atom is -0.350 e. The highest BCUT2D eigenvalue weighted by Crippen LogP contribution is 2.33. The maximum atomic E-state index is 11.6. The molecule has 0 bridgehead atoms. The van der Waals surface area contributed by atoms with Crippen molar-refractivity contribution in [2.24, 2.45) is 5.92 Å². The van der Waals surface area contributed by atoms with Crippen molar-refractivity contribution in [2.75, 3.05) is 0 Å².